The lowest BCUT2D eigenvalue weighted by Crippen LogP contribution is -2.33. The zero-order chi connectivity index (χ0) is 12.3. The topological polar surface area (TPSA) is 64.4 Å². The molecule has 0 aromatic carbocycles. The molecular weight excluding hydrogens is 242 g/mol. The fourth-order valence-electron chi connectivity index (χ4n) is 1.94. The van der Waals surface area contributed by atoms with E-state index in [0.717, 1.165) is 10.4 Å². The van der Waals surface area contributed by atoms with Gasteiger partial charge in [0.05, 0.1) is 6.61 Å². The van der Waals surface area contributed by atoms with Crippen molar-refractivity contribution in [2.24, 2.45) is 5.92 Å². The van der Waals surface area contributed by atoms with Crippen molar-refractivity contribution in [2.45, 2.75) is 13.3 Å². The average Bonchev–Trinajstić information content (AvgIpc) is 2.97. The molecule has 0 amide bonds. The van der Waals surface area contributed by atoms with Gasteiger partial charge in [0.25, 0.3) is 0 Å². The van der Waals surface area contributed by atoms with Crippen LogP contribution in [0.25, 0.3) is 0 Å². The quantitative estimate of drug-likeness (QED) is 0.764. The van der Waals surface area contributed by atoms with Gasteiger partial charge in [0, 0.05) is 32.1 Å². The maximum absolute atomic E-state index is 12.1. The lowest BCUT2D eigenvalue weighted by Gasteiger charge is -2.16. The standard InChI is InChI=1S/C10H17N3O3S/c1-2-16-8-10-3-5-12(7-10)17(14,15)13-6-4-11-9-13/h4,6,9-10H,2-3,5,7-8H2,1H3. The first-order valence-electron chi connectivity index (χ1n) is 5.71. The second kappa shape index (κ2) is 5.16. The summed E-state index contributed by atoms with van der Waals surface area (Å²) >= 11 is 0. The summed E-state index contributed by atoms with van der Waals surface area (Å²) < 4.78 is 32.2. The normalized spacial score (nSPS) is 22.1. The fraction of sp³-hybridized carbons (Fsp3) is 0.700. The van der Waals surface area contributed by atoms with E-state index in [1.54, 1.807) is 0 Å². The molecule has 0 aliphatic carbocycles. The molecular formula is C10H17N3O3S. The van der Waals surface area contributed by atoms with Crippen molar-refractivity contribution in [3.63, 3.8) is 0 Å². The summed E-state index contributed by atoms with van der Waals surface area (Å²) in [6.45, 7) is 4.32. The van der Waals surface area contributed by atoms with Gasteiger partial charge in [0.2, 0.25) is 0 Å². The third kappa shape index (κ3) is 2.67. The van der Waals surface area contributed by atoms with Crippen molar-refractivity contribution in [1.29, 1.82) is 0 Å². The minimum Gasteiger partial charge on any atom is -0.381 e. The Hall–Kier alpha value is -0.920. The molecule has 17 heavy (non-hydrogen) atoms. The van der Waals surface area contributed by atoms with E-state index in [2.05, 4.69) is 4.98 Å². The number of hydrogen-bond donors (Lipinski definition) is 0. The number of ether oxygens (including phenoxy) is 1. The lowest BCUT2D eigenvalue weighted by molar-refractivity contribution is 0.115. The maximum Gasteiger partial charge on any atom is 0.308 e. The molecule has 1 unspecified atom stereocenters. The Balaban J connectivity index is 2.01. The van der Waals surface area contributed by atoms with Crippen LogP contribution in [0.15, 0.2) is 18.7 Å². The summed E-state index contributed by atoms with van der Waals surface area (Å²) in [5, 5.41) is 0. The van der Waals surface area contributed by atoms with Gasteiger partial charge in [-0.05, 0) is 19.3 Å². The zero-order valence-electron chi connectivity index (χ0n) is 9.82. The van der Waals surface area contributed by atoms with E-state index >= 15 is 0 Å². The molecule has 1 aromatic heterocycles. The van der Waals surface area contributed by atoms with Gasteiger partial charge in [-0.3, -0.25) is 0 Å². The van der Waals surface area contributed by atoms with Crippen LogP contribution < -0.4 is 0 Å². The highest BCUT2D eigenvalue weighted by molar-refractivity contribution is 7.87. The molecule has 1 aliphatic heterocycles. The minimum absolute atomic E-state index is 0.299. The number of hydrogen-bond acceptors (Lipinski definition) is 4. The SMILES string of the molecule is CCOCC1CCN(S(=O)(=O)n2ccnc2)C1. The first kappa shape index (κ1) is 12.5. The highest BCUT2D eigenvalue weighted by Crippen LogP contribution is 2.20. The van der Waals surface area contributed by atoms with Gasteiger partial charge in [0.1, 0.15) is 6.33 Å². The third-order valence-electron chi connectivity index (χ3n) is 2.88. The van der Waals surface area contributed by atoms with E-state index in [-0.39, 0.29) is 0 Å². The minimum atomic E-state index is -3.42. The van der Waals surface area contributed by atoms with E-state index in [9.17, 15) is 8.42 Å². The predicted molar refractivity (Wildman–Crippen MR) is 62.7 cm³/mol. The molecule has 96 valence electrons. The fourth-order valence-corrected chi connectivity index (χ4v) is 3.33. The molecule has 1 atom stereocenters. The van der Waals surface area contributed by atoms with Gasteiger partial charge in [-0.15, -0.1) is 0 Å². The van der Waals surface area contributed by atoms with Gasteiger partial charge in [-0.25, -0.2) is 8.96 Å². The second-order valence-corrected chi connectivity index (χ2v) is 5.91. The summed E-state index contributed by atoms with van der Waals surface area (Å²) in [5.74, 6) is 0.299. The molecule has 0 saturated carbocycles. The Morgan fingerprint density at radius 2 is 2.35 bits per heavy atom. The summed E-state index contributed by atoms with van der Waals surface area (Å²) in [7, 11) is -3.42. The first-order chi connectivity index (χ1) is 8.14. The third-order valence-corrected chi connectivity index (χ3v) is 4.61. The first-order valence-corrected chi connectivity index (χ1v) is 7.10. The second-order valence-electron chi connectivity index (χ2n) is 4.07. The highest BCUT2D eigenvalue weighted by atomic mass is 32.2. The molecule has 0 N–H and O–H groups in total. The molecule has 2 rings (SSSR count). The smallest absolute Gasteiger partial charge is 0.308 e. The highest BCUT2D eigenvalue weighted by Gasteiger charge is 2.32. The van der Waals surface area contributed by atoms with Crippen LogP contribution in [-0.2, 0) is 14.9 Å². The van der Waals surface area contributed by atoms with Crippen molar-refractivity contribution in [1.82, 2.24) is 13.3 Å². The molecule has 7 heteroatoms. The lowest BCUT2D eigenvalue weighted by atomic mass is 10.1. The van der Waals surface area contributed by atoms with Crippen LogP contribution in [0.3, 0.4) is 0 Å². The van der Waals surface area contributed by atoms with Gasteiger partial charge in [-0.1, -0.05) is 0 Å². The number of rotatable bonds is 5. The largest absolute Gasteiger partial charge is 0.381 e. The van der Waals surface area contributed by atoms with Crippen molar-refractivity contribution in [2.75, 3.05) is 26.3 Å². The summed E-state index contributed by atoms with van der Waals surface area (Å²) in [4.78, 5) is 3.76. The van der Waals surface area contributed by atoms with Gasteiger partial charge >= 0.3 is 10.2 Å². The molecule has 2 heterocycles. The van der Waals surface area contributed by atoms with E-state index in [4.69, 9.17) is 4.74 Å². The van der Waals surface area contributed by atoms with Crippen molar-refractivity contribution in [3.8, 4) is 0 Å². The van der Waals surface area contributed by atoms with E-state index < -0.39 is 10.2 Å². The number of imidazole rings is 1. The summed E-state index contributed by atoms with van der Waals surface area (Å²) in [5.41, 5.74) is 0. The average molecular weight is 259 g/mol. The monoisotopic (exact) mass is 259 g/mol. The molecule has 6 nitrogen and oxygen atoms in total. The van der Waals surface area contributed by atoms with Crippen LogP contribution in [0.4, 0.5) is 0 Å². The Bertz CT molecular complexity index is 443. The maximum atomic E-state index is 12.1. The number of aromatic nitrogens is 2. The molecule has 1 fully saturated rings. The van der Waals surface area contributed by atoms with Crippen molar-refractivity contribution < 1.29 is 13.2 Å². The van der Waals surface area contributed by atoms with E-state index in [1.165, 1.54) is 23.0 Å². The van der Waals surface area contributed by atoms with Crippen LogP contribution in [0.5, 0.6) is 0 Å². The molecule has 0 spiro atoms. The van der Waals surface area contributed by atoms with Crippen LogP contribution >= 0.6 is 0 Å². The van der Waals surface area contributed by atoms with E-state index in [0.29, 0.717) is 32.2 Å². The Labute approximate surface area is 101 Å². The molecule has 1 aliphatic rings. The molecule has 1 aromatic rings. The predicted octanol–water partition coefficient (Wildman–Crippen LogP) is 0.334. The van der Waals surface area contributed by atoms with Crippen molar-refractivity contribution >= 4 is 10.2 Å². The van der Waals surface area contributed by atoms with Gasteiger partial charge in [0.15, 0.2) is 0 Å². The van der Waals surface area contributed by atoms with Crippen molar-refractivity contribution in [3.05, 3.63) is 18.7 Å². The van der Waals surface area contributed by atoms with Gasteiger partial charge < -0.3 is 4.74 Å². The van der Waals surface area contributed by atoms with Gasteiger partial charge in [-0.2, -0.15) is 12.7 Å². The van der Waals surface area contributed by atoms with Crippen LogP contribution in [0.2, 0.25) is 0 Å². The van der Waals surface area contributed by atoms with Crippen LogP contribution in [0, 0.1) is 5.92 Å². The number of nitrogens with zero attached hydrogens (tertiary/aromatic N) is 3. The van der Waals surface area contributed by atoms with Crippen LogP contribution in [-0.4, -0.2) is 48.0 Å². The molecule has 0 radical (unpaired) electrons. The Kier molecular flexibility index (Phi) is 3.80. The molecule has 1 saturated heterocycles. The van der Waals surface area contributed by atoms with Crippen LogP contribution in [0.1, 0.15) is 13.3 Å². The summed E-state index contributed by atoms with van der Waals surface area (Å²) in [6, 6.07) is 0. The Morgan fingerprint density at radius 3 is 3.00 bits per heavy atom. The van der Waals surface area contributed by atoms with E-state index in [1.807, 2.05) is 6.92 Å². The molecule has 0 bridgehead atoms. The Morgan fingerprint density at radius 1 is 1.53 bits per heavy atom. The summed E-state index contributed by atoms with van der Waals surface area (Å²) in [6.07, 6.45) is 5.08. The zero-order valence-corrected chi connectivity index (χ0v) is 10.6.